The van der Waals surface area contributed by atoms with E-state index in [1.165, 1.54) is 32.1 Å². The van der Waals surface area contributed by atoms with Crippen molar-refractivity contribution in [2.45, 2.75) is 50.7 Å². The summed E-state index contributed by atoms with van der Waals surface area (Å²) in [4.78, 5) is 4.45. The molecule has 0 spiro atoms. The first-order valence-electron chi connectivity index (χ1n) is 7.01. The van der Waals surface area contributed by atoms with Gasteiger partial charge in [0, 0.05) is 25.1 Å². The Kier molecular flexibility index (Phi) is 3.23. The van der Waals surface area contributed by atoms with Crippen LogP contribution in [0, 0.1) is 11.8 Å². The average Bonchev–Trinajstić information content (AvgIpc) is 2.24. The van der Waals surface area contributed by atoms with Gasteiger partial charge in [-0.05, 0) is 38.0 Å². The second-order valence-electron chi connectivity index (χ2n) is 5.72. The zero-order valence-corrected chi connectivity index (χ0v) is 10.4. The Labute approximate surface area is 103 Å². The number of nitrogens with two attached hydrogens (primary N) is 1. The van der Waals surface area contributed by atoms with Crippen LogP contribution in [0.1, 0.15) is 38.5 Å². The number of fused-ring (bicyclic) bond motifs is 1. The Bertz CT molecular complexity index is 301. The number of nitrogens with one attached hydrogen (secondary N) is 1. The van der Waals surface area contributed by atoms with Crippen molar-refractivity contribution in [3.63, 3.8) is 0 Å². The molecule has 0 aromatic heterocycles. The number of rotatable bonds is 3. The minimum Gasteiger partial charge on any atom is -0.378 e. The van der Waals surface area contributed by atoms with E-state index in [-0.39, 0.29) is 0 Å². The van der Waals surface area contributed by atoms with E-state index in [4.69, 9.17) is 10.5 Å². The molecule has 0 amide bonds. The third-order valence-corrected chi connectivity index (χ3v) is 4.57. The molecule has 2 aliphatic carbocycles. The molecule has 0 bridgehead atoms. The van der Waals surface area contributed by atoms with Gasteiger partial charge in [-0.3, -0.25) is 4.99 Å². The zero-order valence-electron chi connectivity index (χ0n) is 10.4. The van der Waals surface area contributed by atoms with Crippen LogP contribution in [-0.4, -0.2) is 31.3 Å². The lowest BCUT2D eigenvalue weighted by Crippen LogP contribution is -2.59. The summed E-state index contributed by atoms with van der Waals surface area (Å²) >= 11 is 0. The fourth-order valence-electron chi connectivity index (χ4n) is 3.10. The Morgan fingerprint density at radius 3 is 2.88 bits per heavy atom. The highest BCUT2D eigenvalue weighted by Crippen LogP contribution is 2.37. The quantitative estimate of drug-likeness (QED) is 0.574. The zero-order chi connectivity index (χ0) is 11.7. The van der Waals surface area contributed by atoms with Crippen LogP contribution in [-0.2, 0) is 4.74 Å². The summed E-state index contributed by atoms with van der Waals surface area (Å²) in [6.45, 7) is 1.86. The van der Waals surface area contributed by atoms with Crippen molar-refractivity contribution in [2.24, 2.45) is 22.6 Å². The average molecular weight is 237 g/mol. The van der Waals surface area contributed by atoms with Crippen LogP contribution >= 0.6 is 0 Å². The van der Waals surface area contributed by atoms with Crippen LogP contribution in [0.2, 0.25) is 0 Å². The number of aliphatic imine (C=N–C) groups is 1. The van der Waals surface area contributed by atoms with E-state index in [1.54, 1.807) is 0 Å². The number of hydrogen-bond donors (Lipinski definition) is 2. The van der Waals surface area contributed by atoms with Gasteiger partial charge in [-0.2, -0.15) is 0 Å². The van der Waals surface area contributed by atoms with E-state index in [0.29, 0.717) is 24.0 Å². The Morgan fingerprint density at radius 2 is 2.18 bits per heavy atom. The Morgan fingerprint density at radius 1 is 1.29 bits per heavy atom. The van der Waals surface area contributed by atoms with Crippen molar-refractivity contribution in [3.8, 4) is 0 Å². The first-order chi connectivity index (χ1) is 8.33. The lowest BCUT2D eigenvalue weighted by Gasteiger charge is -2.47. The predicted octanol–water partition coefficient (Wildman–Crippen LogP) is 1.26. The van der Waals surface area contributed by atoms with Crippen molar-refractivity contribution in [3.05, 3.63) is 0 Å². The largest absolute Gasteiger partial charge is 0.378 e. The minimum atomic E-state index is 0.487. The maximum atomic E-state index is 5.93. The normalized spacial score (nSPS) is 37.9. The van der Waals surface area contributed by atoms with Gasteiger partial charge in [0.05, 0.1) is 6.10 Å². The lowest BCUT2D eigenvalue weighted by molar-refractivity contribution is -0.0989. The molecule has 3 atom stereocenters. The van der Waals surface area contributed by atoms with Gasteiger partial charge in [0.25, 0.3) is 0 Å². The van der Waals surface area contributed by atoms with Crippen molar-refractivity contribution in [2.75, 3.05) is 13.2 Å². The number of guanidine groups is 1. The summed E-state index contributed by atoms with van der Waals surface area (Å²) < 4.78 is 5.69. The monoisotopic (exact) mass is 237 g/mol. The van der Waals surface area contributed by atoms with Gasteiger partial charge in [-0.1, -0.05) is 6.42 Å². The van der Waals surface area contributed by atoms with Crippen LogP contribution in [0.4, 0.5) is 0 Å². The topological polar surface area (TPSA) is 59.6 Å². The molecular weight excluding hydrogens is 214 g/mol. The summed E-state index contributed by atoms with van der Waals surface area (Å²) in [6, 6.07) is 0.505. The molecule has 17 heavy (non-hydrogen) atoms. The van der Waals surface area contributed by atoms with Crippen molar-refractivity contribution in [1.29, 1.82) is 0 Å². The molecule has 96 valence electrons. The first kappa shape index (κ1) is 11.3. The number of ether oxygens (including phenoxy) is 1. The van der Waals surface area contributed by atoms with Crippen LogP contribution < -0.4 is 11.1 Å². The van der Waals surface area contributed by atoms with Gasteiger partial charge in [0.15, 0.2) is 5.96 Å². The highest BCUT2D eigenvalue weighted by Gasteiger charge is 2.43. The smallest absolute Gasteiger partial charge is 0.188 e. The molecule has 3 rings (SSSR count). The highest BCUT2D eigenvalue weighted by atomic mass is 16.5. The van der Waals surface area contributed by atoms with E-state index in [1.807, 2.05) is 0 Å². The van der Waals surface area contributed by atoms with Gasteiger partial charge in [-0.25, -0.2) is 0 Å². The molecular formula is C13H23N3O. The molecule has 1 saturated heterocycles. The van der Waals surface area contributed by atoms with Gasteiger partial charge < -0.3 is 15.8 Å². The van der Waals surface area contributed by atoms with Gasteiger partial charge >= 0.3 is 0 Å². The van der Waals surface area contributed by atoms with Crippen LogP contribution in [0.3, 0.4) is 0 Å². The Balaban J connectivity index is 1.43. The molecule has 4 heteroatoms. The summed E-state index contributed by atoms with van der Waals surface area (Å²) in [6.07, 6.45) is 8.09. The fraction of sp³-hybridized carbons (Fsp3) is 0.923. The van der Waals surface area contributed by atoms with Crippen LogP contribution in [0.25, 0.3) is 0 Å². The van der Waals surface area contributed by atoms with Crippen molar-refractivity contribution >= 4 is 5.96 Å². The standard InChI is InChI=1S/C13H23N3O/c14-13(15-8-9-3-1-4-9)16-11-7-12-10(11)5-2-6-17-12/h9-12H,1-8H2,(H3,14,15,16). The molecule has 3 aliphatic rings. The van der Waals surface area contributed by atoms with E-state index in [9.17, 15) is 0 Å². The van der Waals surface area contributed by atoms with E-state index in [2.05, 4.69) is 10.3 Å². The summed E-state index contributed by atoms with van der Waals surface area (Å²) in [5, 5.41) is 3.37. The predicted molar refractivity (Wildman–Crippen MR) is 67.8 cm³/mol. The molecule has 3 N–H and O–H groups in total. The maximum Gasteiger partial charge on any atom is 0.188 e. The van der Waals surface area contributed by atoms with Crippen LogP contribution in [0.5, 0.6) is 0 Å². The summed E-state index contributed by atoms with van der Waals surface area (Å²) in [7, 11) is 0. The summed E-state index contributed by atoms with van der Waals surface area (Å²) in [5.41, 5.74) is 5.93. The molecule has 3 unspecified atom stereocenters. The molecule has 0 aromatic rings. The molecule has 1 aliphatic heterocycles. The third-order valence-electron chi connectivity index (χ3n) is 4.57. The second kappa shape index (κ2) is 4.84. The minimum absolute atomic E-state index is 0.487. The molecule has 4 nitrogen and oxygen atoms in total. The lowest BCUT2D eigenvalue weighted by atomic mass is 9.72. The van der Waals surface area contributed by atoms with Gasteiger partial charge in [-0.15, -0.1) is 0 Å². The van der Waals surface area contributed by atoms with Gasteiger partial charge in [0.1, 0.15) is 0 Å². The maximum absolute atomic E-state index is 5.93. The summed E-state index contributed by atoms with van der Waals surface area (Å²) in [5.74, 6) is 2.11. The van der Waals surface area contributed by atoms with Crippen molar-refractivity contribution in [1.82, 2.24) is 5.32 Å². The van der Waals surface area contributed by atoms with E-state index in [0.717, 1.165) is 25.5 Å². The number of hydrogen-bond acceptors (Lipinski definition) is 2. The Hall–Kier alpha value is -0.770. The molecule has 0 aromatic carbocycles. The fourth-order valence-corrected chi connectivity index (χ4v) is 3.10. The van der Waals surface area contributed by atoms with Crippen molar-refractivity contribution < 1.29 is 4.74 Å². The second-order valence-corrected chi connectivity index (χ2v) is 5.72. The number of nitrogens with zero attached hydrogens (tertiary/aromatic N) is 1. The highest BCUT2D eigenvalue weighted by molar-refractivity contribution is 5.78. The van der Waals surface area contributed by atoms with E-state index < -0.39 is 0 Å². The molecule has 2 saturated carbocycles. The first-order valence-corrected chi connectivity index (χ1v) is 7.01. The third kappa shape index (κ3) is 2.41. The van der Waals surface area contributed by atoms with Gasteiger partial charge in [0.2, 0.25) is 0 Å². The molecule has 0 radical (unpaired) electrons. The molecule has 3 fully saturated rings. The molecule has 1 heterocycles. The SMILES string of the molecule is NC(=NCC1CCC1)NC1CC2OCCCC12. The van der Waals surface area contributed by atoms with Crippen LogP contribution in [0.15, 0.2) is 4.99 Å². The van der Waals surface area contributed by atoms with E-state index >= 15 is 0 Å².